The molecule has 0 saturated carbocycles. The molecule has 0 saturated heterocycles. The largest absolute Gasteiger partial charge is 0.497 e. The number of rotatable bonds is 6. The molecule has 4 nitrogen and oxygen atoms in total. The van der Waals surface area contributed by atoms with Gasteiger partial charge in [-0.2, -0.15) is 0 Å². The highest BCUT2D eigenvalue weighted by atomic mass is 79.9. The van der Waals surface area contributed by atoms with Gasteiger partial charge >= 0.3 is 0 Å². The molecule has 1 amide bonds. The van der Waals surface area contributed by atoms with Crippen molar-refractivity contribution < 1.29 is 9.53 Å². The van der Waals surface area contributed by atoms with Crippen LogP contribution in [-0.4, -0.2) is 19.6 Å². The highest BCUT2D eigenvalue weighted by Gasteiger charge is 2.02. The molecule has 5 heteroatoms. The van der Waals surface area contributed by atoms with Gasteiger partial charge in [0.1, 0.15) is 5.75 Å². The first-order chi connectivity index (χ1) is 10.2. The summed E-state index contributed by atoms with van der Waals surface area (Å²) < 4.78 is 6.13. The number of methoxy groups -OCH3 is 1. The molecule has 0 aliphatic carbocycles. The van der Waals surface area contributed by atoms with Crippen LogP contribution in [0.1, 0.15) is 6.42 Å². The number of carbonyl (C=O) groups is 1. The van der Waals surface area contributed by atoms with Crippen molar-refractivity contribution in [2.24, 2.45) is 0 Å². The normalized spacial score (nSPS) is 10.0. The molecule has 0 heterocycles. The van der Waals surface area contributed by atoms with Crippen molar-refractivity contribution in [3.8, 4) is 5.75 Å². The van der Waals surface area contributed by atoms with Crippen molar-refractivity contribution in [3.05, 3.63) is 53.0 Å². The molecule has 0 aromatic heterocycles. The van der Waals surface area contributed by atoms with E-state index in [0.717, 1.165) is 21.6 Å². The van der Waals surface area contributed by atoms with E-state index in [4.69, 9.17) is 4.74 Å². The van der Waals surface area contributed by atoms with E-state index in [1.54, 1.807) is 7.11 Å². The summed E-state index contributed by atoms with van der Waals surface area (Å²) in [4.78, 5) is 11.8. The molecule has 2 rings (SSSR count). The first-order valence-electron chi connectivity index (χ1n) is 6.61. The Hall–Kier alpha value is -2.01. The molecule has 21 heavy (non-hydrogen) atoms. The van der Waals surface area contributed by atoms with Crippen LogP contribution in [0.4, 0.5) is 11.4 Å². The molecule has 2 aromatic carbocycles. The van der Waals surface area contributed by atoms with Crippen LogP contribution in [0.15, 0.2) is 53.0 Å². The summed E-state index contributed by atoms with van der Waals surface area (Å²) in [5.41, 5.74) is 1.73. The number of ether oxygens (including phenoxy) is 1. The minimum absolute atomic E-state index is 0.0206. The van der Waals surface area contributed by atoms with E-state index in [1.807, 2.05) is 48.5 Å². The van der Waals surface area contributed by atoms with Crippen molar-refractivity contribution >= 4 is 33.2 Å². The van der Waals surface area contributed by atoms with Crippen molar-refractivity contribution in [2.45, 2.75) is 6.42 Å². The van der Waals surface area contributed by atoms with E-state index in [-0.39, 0.29) is 5.91 Å². The van der Waals surface area contributed by atoms with Gasteiger partial charge < -0.3 is 15.4 Å². The van der Waals surface area contributed by atoms with Gasteiger partial charge in [-0.1, -0.05) is 22.0 Å². The summed E-state index contributed by atoms with van der Waals surface area (Å²) in [6, 6.07) is 15.1. The number of hydrogen-bond donors (Lipinski definition) is 2. The Labute approximate surface area is 132 Å². The molecule has 0 atom stereocenters. The van der Waals surface area contributed by atoms with Gasteiger partial charge in [0.25, 0.3) is 0 Å². The molecule has 0 aliphatic heterocycles. The lowest BCUT2D eigenvalue weighted by Crippen LogP contribution is -2.16. The second-order valence-electron chi connectivity index (χ2n) is 4.46. The second-order valence-corrected chi connectivity index (χ2v) is 5.38. The Morgan fingerprint density at radius 1 is 1.14 bits per heavy atom. The third-order valence-corrected chi connectivity index (χ3v) is 3.41. The zero-order valence-electron chi connectivity index (χ0n) is 11.7. The van der Waals surface area contributed by atoms with Crippen molar-refractivity contribution in [3.63, 3.8) is 0 Å². The Morgan fingerprint density at radius 2 is 1.90 bits per heavy atom. The summed E-state index contributed by atoms with van der Waals surface area (Å²) in [7, 11) is 1.63. The number of nitrogens with one attached hydrogen (secondary N) is 2. The number of amides is 1. The van der Waals surface area contributed by atoms with Gasteiger partial charge in [0.05, 0.1) is 7.11 Å². The summed E-state index contributed by atoms with van der Waals surface area (Å²) in [5.74, 6) is 0.770. The maximum atomic E-state index is 11.8. The number of halogens is 1. The standard InChI is InChI=1S/C16H17BrN2O2/c1-21-15-4-2-3-14(11-15)18-10-9-16(20)19-13-7-5-12(17)6-8-13/h2-8,11,18H,9-10H2,1H3,(H,19,20). The first kappa shape index (κ1) is 15.4. The molecule has 0 fully saturated rings. The minimum Gasteiger partial charge on any atom is -0.497 e. The SMILES string of the molecule is COc1cccc(NCCC(=O)Nc2ccc(Br)cc2)c1. The first-order valence-corrected chi connectivity index (χ1v) is 7.40. The van der Waals surface area contributed by atoms with Crippen LogP contribution in [0, 0.1) is 0 Å². The van der Waals surface area contributed by atoms with Crippen LogP contribution in [0.3, 0.4) is 0 Å². The van der Waals surface area contributed by atoms with E-state index < -0.39 is 0 Å². The predicted octanol–water partition coefficient (Wildman–Crippen LogP) is 3.90. The quantitative estimate of drug-likeness (QED) is 0.832. The zero-order valence-corrected chi connectivity index (χ0v) is 13.3. The Kier molecular flexibility index (Phi) is 5.63. The van der Waals surface area contributed by atoms with Crippen molar-refractivity contribution in [2.75, 3.05) is 24.3 Å². The highest BCUT2D eigenvalue weighted by molar-refractivity contribution is 9.10. The third-order valence-electron chi connectivity index (χ3n) is 2.88. The Morgan fingerprint density at radius 3 is 2.62 bits per heavy atom. The molecule has 2 aromatic rings. The van der Waals surface area contributed by atoms with Crippen molar-refractivity contribution in [1.82, 2.24) is 0 Å². The monoisotopic (exact) mass is 348 g/mol. The molecular weight excluding hydrogens is 332 g/mol. The average molecular weight is 349 g/mol. The van der Waals surface area contributed by atoms with E-state index in [2.05, 4.69) is 26.6 Å². The molecule has 0 aliphatic rings. The predicted molar refractivity (Wildman–Crippen MR) is 88.9 cm³/mol. The minimum atomic E-state index is -0.0206. The van der Waals surface area contributed by atoms with Crippen molar-refractivity contribution in [1.29, 1.82) is 0 Å². The van der Waals surface area contributed by atoms with E-state index >= 15 is 0 Å². The summed E-state index contributed by atoms with van der Waals surface area (Å²) in [5, 5.41) is 6.05. The average Bonchev–Trinajstić information content (AvgIpc) is 2.50. The number of carbonyl (C=O) groups excluding carboxylic acids is 1. The maximum Gasteiger partial charge on any atom is 0.226 e. The molecule has 0 spiro atoms. The smallest absolute Gasteiger partial charge is 0.226 e. The lowest BCUT2D eigenvalue weighted by atomic mass is 10.3. The van der Waals surface area contributed by atoms with Gasteiger partial charge in [-0.05, 0) is 36.4 Å². The zero-order chi connectivity index (χ0) is 15.1. The van der Waals surface area contributed by atoms with E-state index in [0.29, 0.717) is 13.0 Å². The molecule has 2 N–H and O–H groups in total. The van der Waals surface area contributed by atoms with Gasteiger partial charge in [-0.3, -0.25) is 4.79 Å². The number of benzene rings is 2. The van der Waals surface area contributed by atoms with Gasteiger partial charge in [0, 0.05) is 34.9 Å². The topological polar surface area (TPSA) is 50.4 Å². The van der Waals surface area contributed by atoms with Crippen LogP contribution in [0.25, 0.3) is 0 Å². The fraction of sp³-hybridized carbons (Fsp3) is 0.188. The number of hydrogen-bond acceptors (Lipinski definition) is 3. The van der Waals surface area contributed by atoms with Gasteiger partial charge in [0.15, 0.2) is 0 Å². The third kappa shape index (κ3) is 5.11. The fourth-order valence-electron chi connectivity index (χ4n) is 1.81. The molecule has 0 unspecified atom stereocenters. The number of anilines is 2. The maximum absolute atomic E-state index is 11.8. The second kappa shape index (κ2) is 7.69. The Bertz CT molecular complexity index is 599. The van der Waals surface area contributed by atoms with Crippen LogP contribution in [-0.2, 0) is 4.79 Å². The Balaban J connectivity index is 1.77. The lowest BCUT2D eigenvalue weighted by molar-refractivity contribution is -0.115. The van der Waals surface area contributed by atoms with Gasteiger partial charge in [0.2, 0.25) is 5.91 Å². The van der Waals surface area contributed by atoms with Crippen LogP contribution in [0.2, 0.25) is 0 Å². The summed E-state index contributed by atoms with van der Waals surface area (Å²) in [6.07, 6.45) is 0.396. The molecule has 110 valence electrons. The lowest BCUT2D eigenvalue weighted by Gasteiger charge is -2.08. The van der Waals surface area contributed by atoms with E-state index in [9.17, 15) is 4.79 Å². The molecule has 0 radical (unpaired) electrons. The van der Waals surface area contributed by atoms with Crippen LogP contribution >= 0.6 is 15.9 Å². The highest BCUT2D eigenvalue weighted by Crippen LogP contribution is 2.17. The molecule has 0 bridgehead atoms. The van der Waals surface area contributed by atoms with Crippen LogP contribution in [0.5, 0.6) is 5.75 Å². The molecular formula is C16H17BrN2O2. The van der Waals surface area contributed by atoms with Gasteiger partial charge in [-0.25, -0.2) is 0 Å². The van der Waals surface area contributed by atoms with Gasteiger partial charge in [-0.15, -0.1) is 0 Å². The summed E-state index contributed by atoms with van der Waals surface area (Å²) >= 11 is 3.36. The fourth-order valence-corrected chi connectivity index (χ4v) is 2.07. The van der Waals surface area contributed by atoms with E-state index in [1.165, 1.54) is 0 Å². The summed E-state index contributed by atoms with van der Waals surface area (Å²) in [6.45, 7) is 0.565. The van der Waals surface area contributed by atoms with Crippen LogP contribution < -0.4 is 15.4 Å².